The predicted molar refractivity (Wildman–Crippen MR) is 68.3 cm³/mol. The fourth-order valence-electron chi connectivity index (χ4n) is 2.35. The number of ether oxygens (including phenoxy) is 1. The molecular weight excluding hydrogens is 230 g/mol. The summed E-state index contributed by atoms with van der Waals surface area (Å²) < 4.78 is 4.70. The third-order valence-corrected chi connectivity index (χ3v) is 3.29. The Morgan fingerprint density at radius 3 is 2.94 bits per heavy atom. The van der Waals surface area contributed by atoms with Crippen LogP contribution in [0.4, 0.5) is 0 Å². The van der Waals surface area contributed by atoms with E-state index in [9.17, 15) is 9.90 Å². The number of hydrogen-bond donors (Lipinski definition) is 1. The molecule has 1 heterocycles. The molecule has 1 aromatic rings. The van der Waals surface area contributed by atoms with Crippen LogP contribution in [0.25, 0.3) is 0 Å². The first-order chi connectivity index (χ1) is 8.50. The SMILES string of the molecule is COC(=O)c1cccc(CN2CCC(C)(O)C2)c1. The van der Waals surface area contributed by atoms with Gasteiger partial charge < -0.3 is 9.84 Å². The number of benzene rings is 1. The Balaban J connectivity index is 2.04. The first-order valence-electron chi connectivity index (χ1n) is 6.12. The number of nitrogens with zero attached hydrogens (tertiary/aromatic N) is 1. The van der Waals surface area contributed by atoms with E-state index in [4.69, 9.17) is 4.74 Å². The smallest absolute Gasteiger partial charge is 0.337 e. The van der Waals surface area contributed by atoms with Crippen molar-refractivity contribution < 1.29 is 14.6 Å². The van der Waals surface area contributed by atoms with Crippen LogP contribution in [0, 0.1) is 0 Å². The van der Waals surface area contributed by atoms with Crippen LogP contribution in [0.5, 0.6) is 0 Å². The van der Waals surface area contributed by atoms with Crippen molar-refractivity contribution in [3.05, 3.63) is 35.4 Å². The van der Waals surface area contributed by atoms with Crippen molar-refractivity contribution in [1.29, 1.82) is 0 Å². The van der Waals surface area contributed by atoms with E-state index >= 15 is 0 Å². The van der Waals surface area contributed by atoms with Crippen molar-refractivity contribution in [2.24, 2.45) is 0 Å². The van der Waals surface area contributed by atoms with Gasteiger partial charge in [0, 0.05) is 19.6 Å². The van der Waals surface area contributed by atoms with E-state index in [-0.39, 0.29) is 5.97 Å². The molecule has 2 rings (SSSR count). The van der Waals surface area contributed by atoms with Crippen LogP contribution >= 0.6 is 0 Å². The van der Waals surface area contributed by atoms with E-state index in [1.807, 2.05) is 25.1 Å². The van der Waals surface area contributed by atoms with E-state index in [2.05, 4.69) is 4.90 Å². The number of hydrogen-bond acceptors (Lipinski definition) is 4. The van der Waals surface area contributed by atoms with Crippen LogP contribution in [0.3, 0.4) is 0 Å². The summed E-state index contributed by atoms with van der Waals surface area (Å²) in [5.74, 6) is -0.315. The average molecular weight is 249 g/mol. The van der Waals surface area contributed by atoms with Gasteiger partial charge in [-0.15, -0.1) is 0 Å². The standard InChI is InChI=1S/C14H19NO3/c1-14(17)6-7-15(10-14)9-11-4-3-5-12(8-11)13(16)18-2/h3-5,8,17H,6-7,9-10H2,1-2H3. The van der Waals surface area contributed by atoms with Gasteiger partial charge in [0.15, 0.2) is 0 Å². The van der Waals surface area contributed by atoms with Gasteiger partial charge >= 0.3 is 5.97 Å². The molecule has 1 aliphatic heterocycles. The number of β-amino-alcohol motifs (C(OH)–C–C–N with tert-alkyl or cyclic N) is 1. The van der Waals surface area contributed by atoms with Crippen molar-refractivity contribution >= 4 is 5.97 Å². The highest BCUT2D eigenvalue weighted by Crippen LogP contribution is 2.22. The van der Waals surface area contributed by atoms with Gasteiger partial charge in [0.05, 0.1) is 18.3 Å². The molecule has 0 saturated carbocycles. The lowest BCUT2D eigenvalue weighted by Crippen LogP contribution is -2.29. The quantitative estimate of drug-likeness (QED) is 0.823. The maximum atomic E-state index is 11.4. The lowest BCUT2D eigenvalue weighted by Gasteiger charge is -2.18. The molecular formula is C14H19NO3. The second-order valence-electron chi connectivity index (χ2n) is 5.15. The number of esters is 1. The Kier molecular flexibility index (Phi) is 3.68. The van der Waals surface area contributed by atoms with Gasteiger partial charge in [-0.1, -0.05) is 12.1 Å². The Morgan fingerprint density at radius 1 is 1.56 bits per heavy atom. The summed E-state index contributed by atoms with van der Waals surface area (Å²) in [6.07, 6.45) is 0.795. The molecule has 1 aliphatic rings. The minimum Gasteiger partial charge on any atom is -0.465 e. The summed E-state index contributed by atoms with van der Waals surface area (Å²) in [5.41, 5.74) is 1.05. The van der Waals surface area contributed by atoms with Crippen LogP contribution in [-0.4, -0.2) is 41.8 Å². The van der Waals surface area contributed by atoms with E-state index in [0.29, 0.717) is 12.1 Å². The van der Waals surface area contributed by atoms with Gasteiger partial charge in [0.2, 0.25) is 0 Å². The fraction of sp³-hybridized carbons (Fsp3) is 0.500. The molecule has 1 unspecified atom stereocenters. The zero-order chi connectivity index (χ0) is 13.2. The highest BCUT2D eigenvalue weighted by molar-refractivity contribution is 5.89. The molecule has 1 atom stereocenters. The molecule has 1 N–H and O–H groups in total. The molecule has 0 aliphatic carbocycles. The minimum absolute atomic E-state index is 0.315. The molecule has 98 valence electrons. The molecule has 0 spiro atoms. The van der Waals surface area contributed by atoms with Gasteiger partial charge in [0.1, 0.15) is 0 Å². The first-order valence-corrected chi connectivity index (χ1v) is 6.12. The van der Waals surface area contributed by atoms with Crippen molar-refractivity contribution in [2.75, 3.05) is 20.2 Å². The summed E-state index contributed by atoms with van der Waals surface area (Å²) in [4.78, 5) is 13.6. The largest absolute Gasteiger partial charge is 0.465 e. The van der Waals surface area contributed by atoms with Gasteiger partial charge in [-0.05, 0) is 31.0 Å². The van der Waals surface area contributed by atoms with E-state index in [1.165, 1.54) is 7.11 Å². The highest BCUT2D eigenvalue weighted by Gasteiger charge is 2.30. The van der Waals surface area contributed by atoms with Crippen molar-refractivity contribution in [3.8, 4) is 0 Å². The van der Waals surface area contributed by atoms with Gasteiger partial charge in [-0.25, -0.2) is 4.79 Å². The van der Waals surface area contributed by atoms with Gasteiger partial charge in [-0.2, -0.15) is 0 Å². The molecule has 4 nitrogen and oxygen atoms in total. The molecule has 0 bridgehead atoms. The molecule has 1 fully saturated rings. The van der Waals surface area contributed by atoms with Crippen molar-refractivity contribution in [1.82, 2.24) is 4.90 Å². The molecule has 1 aromatic carbocycles. The lowest BCUT2D eigenvalue weighted by molar-refractivity contribution is 0.0599. The maximum Gasteiger partial charge on any atom is 0.337 e. The average Bonchev–Trinajstić information content (AvgIpc) is 2.68. The van der Waals surface area contributed by atoms with E-state index in [1.54, 1.807) is 6.07 Å². The summed E-state index contributed by atoms with van der Waals surface area (Å²) in [6.45, 7) is 4.17. The monoisotopic (exact) mass is 249 g/mol. The van der Waals surface area contributed by atoms with Crippen LogP contribution in [0.2, 0.25) is 0 Å². The Labute approximate surface area is 107 Å². The Hall–Kier alpha value is -1.39. The van der Waals surface area contributed by atoms with Crippen molar-refractivity contribution in [3.63, 3.8) is 0 Å². The second kappa shape index (κ2) is 5.08. The van der Waals surface area contributed by atoms with Gasteiger partial charge in [-0.3, -0.25) is 4.90 Å². The molecule has 1 saturated heterocycles. The third-order valence-electron chi connectivity index (χ3n) is 3.29. The fourth-order valence-corrected chi connectivity index (χ4v) is 2.35. The predicted octanol–water partition coefficient (Wildman–Crippen LogP) is 1.43. The highest BCUT2D eigenvalue weighted by atomic mass is 16.5. The van der Waals surface area contributed by atoms with Crippen LogP contribution in [-0.2, 0) is 11.3 Å². The topological polar surface area (TPSA) is 49.8 Å². The minimum atomic E-state index is -0.583. The van der Waals surface area contributed by atoms with Crippen LogP contribution in [0.15, 0.2) is 24.3 Å². The number of likely N-dealkylation sites (tertiary alicyclic amines) is 1. The first kappa shape index (κ1) is 13.1. The summed E-state index contributed by atoms with van der Waals surface area (Å²) >= 11 is 0. The summed E-state index contributed by atoms with van der Waals surface area (Å²) in [7, 11) is 1.38. The number of methoxy groups -OCH3 is 1. The molecule has 0 aromatic heterocycles. The number of carbonyl (C=O) groups is 1. The third kappa shape index (κ3) is 3.09. The Morgan fingerprint density at radius 2 is 2.33 bits per heavy atom. The van der Waals surface area contributed by atoms with E-state index in [0.717, 1.165) is 25.1 Å². The molecule has 0 radical (unpaired) electrons. The zero-order valence-electron chi connectivity index (χ0n) is 10.8. The number of rotatable bonds is 3. The maximum absolute atomic E-state index is 11.4. The summed E-state index contributed by atoms with van der Waals surface area (Å²) in [5, 5.41) is 9.91. The molecule has 0 amide bonds. The van der Waals surface area contributed by atoms with Crippen molar-refractivity contribution in [2.45, 2.75) is 25.5 Å². The normalized spacial score (nSPS) is 24.2. The van der Waals surface area contributed by atoms with E-state index < -0.39 is 5.60 Å². The molecule has 4 heteroatoms. The second-order valence-corrected chi connectivity index (χ2v) is 5.15. The Bertz CT molecular complexity index is 442. The zero-order valence-corrected chi connectivity index (χ0v) is 10.8. The lowest BCUT2D eigenvalue weighted by atomic mass is 10.1. The number of aliphatic hydroxyl groups is 1. The molecule has 18 heavy (non-hydrogen) atoms. The summed E-state index contributed by atoms with van der Waals surface area (Å²) in [6, 6.07) is 7.43. The van der Waals surface area contributed by atoms with Crippen LogP contribution in [0.1, 0.15) is 29.3 Å². The number of carbonyl (C=O) groups excluding carboxylic acids is 1. The van der Waals surface area contributed by atoms with Gasteiger partial charge in [0.25, 0.3) is 0 Å². The van der Waals surface area contributed by atoms with Crippen LogP contribution < -0.4 is 0 Å².